The predicted octanol–water partition coefficient (Wildman–Crippen LogP) is 6.22. The zero-order valence-corrected chi connectivity index (χ0v) is 18.4. The fourth-order valence-electron chi connectivity index (χ4n) is 3.30. The molecule has 0 spiro atoms. The molecule has 0 aliphatic carbocycles. The summed E-state index contributed by atoms with van der Waals surface area (Å²) in [5, 5.41) is 2.66. The van der Waals surface area contributed by atoms with Crippen LogP contribution in [0.3, 0.4) is 0 Å². The number of thiazole rings is 1. The highest BCUT2D eigenvalue weighted by molar-refractivity contribution is 7.13. The number of allylic oxidation sites excluding steroid dienone is 1. The van der Waals surface area contributed by atoms with Crippen molar-refractivity contribution in [1.29, 1.82) is 0 Å². The Labute approximate surface area is 181 Å². The first-order chi connectivity index (χ1) is 14.5. The fourth-order valence-corrected chi connectivity index (χ4v) is 3.96. The molecule has 0 aliphatic heterocycles. The topological polar surface area (TPSA) is 65.2 Å². The number of esters is 1. The van der Waals surface area contributed by atoms with Crippen molar-refractivity contribution in [3.05, 3.63) is 41.2 Å². The van der Waals surface area contributed by atoms with Gasteiger partial charge in [-0.05, 0) is 50.3 Å². The van der Waals surface area contributed by atoms with Crippen LogP contribution in [0, 0.1) is 24.2 Å². The van der Waals surface area contributed by atoms with Crippen LogP contribution in [0.2, 0.25) is 0 Å². The normalized spacial score (nSPS) is 13.4. The van der Waals surface area contributed by atoms with Crippen LogP contribution in [0.5, 0.6) is 0 Å². The van der Waals surface area contributed by atoms with Crippen LogP contribution in [0.1, 0.15) is 56.3 Å². The van der Waals surface area contributed by atoms with Gasteiger partial charge in [-0.25, -0.2) is 14.8 Å². The van der Waals surface area contributed by atoms with Crippen molar-refractivity contribution < 1.29 is 13.9 Å². The van der Waals surface area contributed by atoms with E-state index >= 15 is 0 Å². The second kappa shape index (κ2) is 10.2. The van der Waals surface area contributed by atoms with Crippen LogP contribution in [-0.4, -0.2) is 22.5 Å². The second-order valence-corrected chi connectivity index (χ2v) is 8.13. The zero-order valence-electron chi connectivity index (χ0n) is 17.6. The minimum atomic E-state index is -0.384. The maximum atomic E-state index is 12.3. The second-order valence-electron chi connectivity index (χ2n) is 7.23. The molecule has 3 rings (SSSR count). The highest BCUT2D eigenvalue weighted by Gasteiger charge is 2.18. The van der Waals surface area contributed by atoms with Gasteiger partial charge in [0.15, 0.2) is 5.58 Å². The molecule has 2 aromatic heterocycles. The molecule has 0 saturated heterocycles. The van der Waals surface area contributed by atoms with Gasteiger partial charge in [0.2, 0.25) is 5.89 Å². The Hall–Kier alpha value is -2.91. The molecule has 2 unspecified atom stereocenters. The summed E-state index contributed by atoms with van der Waals surface area (Å²) in [6.45, 7) is 6.41. The van der Waals surface area contributed by atoms with Crippen LogP contribution >= 0.6 is 11.3 Å². The van der Waals surface area contributed by atoms with Gasteiger partial charge in [-0.15, -0.1) is 23.7 Å². The summed E-state index contributed by atoms with van der Waals surface area (Å²) < 4.78 is 11.2. The lowest BCUT2D eigenvalue weighted by Gasteiger charge is -2.12. The maximum absolute atomic E-state index is 12.3. The van der Waals surface area contributed by atoms with Gasteiger partial charge < -0.3 is 9.15 Å². The molecule has 1 aromatic carbocycles. The molecule has 156 valence electrons. The van der Waals surface area contributed by atoms with Crippen LogP contribution < -0.4 is 0 Å². The Morgan fingerprint density at radius 2 is 2.23 bits per heavy atom. The molecular formula is C24H26N2O3S. The van der Waals surface area contributed by atoms with Crippen LogP contribution in [0.4, 0.5) is 0 Å². The molecule has 3 aromatic rings. The summed E-state index contributed by atoms with van der Waals surface area (Å²) in [4.78, 5) is 21.2. The number of carbonyl (C=O) groups is 1. The van der Waals surface area contributed by atoms with E-state index in [1.54, 1.807) is 25.3 Å². The first-order valence-electron chi connectivity index (χ1n) is 10.2. The minimum absolute atomic E-state index is 0.313. The Bertz CT molecular complexity index is 1060. The Morgan fingerprint density at radius 1 is 1.40 bits per heavy atom. The lowest BCUT2D eigenvalue weighted by molar-refractivity contribution is 0.0526. The number of ether oxygens (including phenoxy) is 1. The Kier molecular flexibility index (Phi) is 7.42. The van der Waals surface area contributed by atoms with Crippen molar-refractivity contribution >= 4 is 34.5 Å². The highest BCUT2D eigenvalue weighted by Crippen LogP contribution is 2.33. The summed E-state index contributed by atoms with van der Waals surface area (Å²) in [7, 11) is 0. The summed E-state index contributed by atoms with van der Waals surface area (Å²) in [6.07, 6.45) is 14.1. The number of terminal acetylenes is 1. The molecule has 5 nitrogen and oxygen atoms in total. The van der Waals surface area contributed by atoms with E-state index in [-0.39, 0.29) is 5.97 Å². The van der Waals surface area contributed by atoms with Gasteiger partial charge in [0, 0.05) is 17.5 Å². The van der Waals surface area contributed by atoms with Gasteiger partial charge in [0.25, 0.3) is 0 Å². The number of aromatic nitrogens is 2. The average Bonchev–Trinajstić information content (AvgIpc) is 3.41. The van der Waals surface area contributed by atoms with E-state index in [2.05, 4.69) is 35.8 Å². The molecule has 0 N–H and O–H groups in total. The quantitative estimate of drug-likeness (QED) is 0.303. The molecule has 2 heterocycles. The lowest BCUT2D eigenvalue weighted by atomic mass is 9.92. The van der Waals surface area contributed by atoms with E-state index in [1.165, 1.54) is 11.3 Å². The van der Waals surface area contributed by atoms with Gasteiger partial charge in [-0.1, -0.05) is 19.9 Å². The van der Waals surface area contributed by atoms with E-state index < -0.39 is 0 Å². The minimum Gasteiger partial charge on any atom is -0.462 e. The van der Waals surface area contributed by atoms with Crippen LogP contribution in [0.25, 0.3) is 27.7 Å². The number of hydrogen-bond acceptors (Lipinski definition) is 6. The molecule has 0 amide bonds. The van der Waals surface area contributed by atoms with E-state index in [0.717, 1.165) is 29.8 Å². The molecule has 0 bridgehead atoms. The molecule has 6 heteroatoms. The molecule has 30 heavy (non-hydrogen) atoms. The summed E-state index contributed by atoms with van der Waals surface area (Å²) in [5.41, 5.74) is 2.40. The van der Waals surface area contributed by atoms with E-state index in [9.17, 15) is 4.79 Å². The van der Waals surface area contributed by atoms with Crippen LogP contribution in [-0.2, 0) is 4.74 Å². The Balaban J connectivity index is 1.86. The number of oxazole rings is 1. The van der Waals surface area contributed by atoms with Gasteiger partial charge in [-0.2, -0.15) is 0 Å². The summed E-state index contributed by atoms with van der Waals surface area (Å²) in [5.74, 6) is 3.77. The molecule has 0 radical (unpaired) electrons. The van der Waals surface area contributed by atoms with Gasteiger partial charge in [-0.3, -0.25) is 0 Å². The predicted molar refractivity (Wildman–Crippen MR) is 121 cm³/mol. The number of nitrogens with zero attached hydrogens (tertiary/aromatic N) is 2. The number of rotatable bonds is 9. The molecule has 2 atom stereocenters. The maximum Gasteiger partial charge on any atom is 0.338 e. The number of fused-ring (bicyclic) bond motifs is 1. The standard InChI is InChI=1S/C24H26N2O3S/c1-5-17(6-2)13-16(4)9-8-10-21-26-20-15-18(24(27)28-7-3)14-19(22(20)29-21)23-25-11-12-30-23/h1,8,10-12,14-17H,6-7,9,13H2,2-4H3/b10-8+. The fraction of sp³-hybridized carbons (Fsp3) is 0.375. The SMILES string of the molecule is C#CC(CC)CC(C)C/C=C/c1nc2cc(C(=O)OCC)cc(-c3nccs3)c2o1. The van der Waals surface area contributed by atoms with Crippen molar-refractivity contribution in [3.63, 3.8) is 0 Å². The van der Waals surface area contributed by atoms with Gasteiger partial charge in [0.1, 0.15) is 10.5 Å². The van der Waals surface area contributed by atoms with Crippen LogP contribution in [0.15, 0.2) is 34.2 Å². The number of carbonyl (C=O) groups excluding carboxylic acids is 1. The molecular weight excluding hydrogens is 396 g/mol. The summed E-state index contributed by atoms with van der Waals surface area (Å²) in [6, 6.07) is 3.46. The van der Waals surface area contributed by atoms with Crippen molar-refractivity contribution in [2.45, 2.75) is 40.0 Å². The summed E-state index contributed by atoms with van der Waals surface area (Å²) >= 11 is 1.48. The molecule has 0 saturated carbocycles. The monoisotopic (exact) mass is 422 g/mol. The largest absolute Gasteiger partial charge is 0.462 e. The first-order valence-corrected chi connectivity index (χ1v) is 11.1. The number of benzene rings is 1. The van der Waals surface area contributed by atoms with Crippen molar-refractivity contribution in [2.75, 3.05) is 6.61 Å². The third-order valence-electron chi connectivity index (χ3n) is 4.89. The van der Waals surface area contributed by atoms with E-state index in [1.807, 2.05) is 11.5 Å². The first kappa shape index (κ1) is 21.8. The van der Waals surface area contributed by atoms with Gasteiger partial charge >= 0.3 is 5.97 Å². The van der Waals surface area contributed by atoms with Crippen molar-refractivity contribution in [1.82, 2.24) is 9.97 Å². The number of hydrogen-bond donors (Lipinski definition) is 0. The zero-order chi connectivity index (χ0) is 21.5. The molecule has 0 aliphatic rings. The van der Waals surface area contributed by atoms with E-state index in [4.69, 9.17) is 15.6 Å². The third-order valence-corrected chi connectivity index (χ3v) is 5.70. The molecule has 0 fully saturated rings. The van der Waals surface area contributed by atoms with Crippen molar-refractivity contribution in [2.24, 2.45) is 11.8 Å². The smallest absolute Gasteiger partial charge is 0.338 e. The van der Waals surface area contributed by atoms with Crippen molar-refractivity contribution in [3.8, 4) is 22.9 Å². The highest BCUT2D eigenvalue weighted by atomic mass is 32.1. The van der Waals surface area contributed by atoms with Gasteiger partial charge in [0.05, 0.1) is 17.7 Å². The average molecular weight is 423 g/mol. The van der Waals surface area contributed by atoms with E-state index in [0.29, 0.717) is 41.0 Å². The third kappa shape index (κ3) is 5.17. The Morgan fingerprint density at radius 3 is 2.90 bits per heavy atom. The lowest BCUT2D eigenvalue weighted by Crippen LogP contribution is -2.04.